The third-order valence-electron chi connectivity index (χ3n) is 4.85. The van der Waals surface area contributed by atoms with E-state index >= 15 is 0 Å². The van der Waals surface area contributed by atoms with Crippen molar-refractivity contribution in [2.45, 2.75) is 24.5 Å². The topological polar surface area (TPSA) is 211 Å². The zero-order valence-corrected chi connectivity index (χ0v) is 16.8. The molecule has 0 aliphatic carbocycles. The van der Waals surface area contributed by atoms with Crippen molar-refractivity contribution in [1.82, 2.24) is 24.4 Å². The number of amidine groups is 1. The van der Waals surface area contributed by atoms with Crippen molar-refractivity contribution in [3.8, 4) is 0 Å². The van der Waals surface area contributed by atoms with Crippen molar-refractivity contribution < 1.29 is 37.4 Å². The molecule has 4 rings (SSSR count). The summed E-state index contributed by atoms with van der Waals surface area (Å²) < 4.78 is 43.9. The Labute approximate surface area is 176 Å². The third-order valence-corrected chi connectivity index (χ3v) is 5.66. The summed E-state index contributed by atoms with van der Waals surface area (Å²) in [6.45, 7) is 0.305. The van der Waals surface area contributed by atoms with Gasteiger partial charge in [0, 0.05) is 13.1 Å². The molecule has 2 aliphatic heterocycles. The molecule has 2 unspecified atom stereocenters. The molecular formula is C15H20N7O8S-. The first kappa shape index (κ1) is 21.6. The zero-order chi connectivity index (χ0) is 22.2. The van der Waals surface area contributed by atoms with Gasteiger partial charge in [-0.2, -0.15) is 8.42 Å². The Kier molecular flexibility index (Phi) is 5.91. The number of nitrogens with zero attached hydrogens (tertiary/aromatic N) is 6. The average Bonchev–Trinajstić information content (AvgIpc) is 3.29. The van der Waals surface area contributed by atoms with Crippen LogP contribution in [0.1, 0.15) is 6.23 Å². The van der Waals surface area contributed by atoms with E-state index in [2.05, 4.69) is 19.3 Å². The van der Waals surface area contributed by atoms with Gasteiger partial charge in [-0.25, -0.2) is 19.1 Å². The normalized spacial score (nSPS) is 27.8. The molecule has 0 saturated carbocycles. The minimum absolute atomic E-state index is 0.120. The quantitative estimate of drug-likeness (QED) is 0.292. The fraction of sp³-hybridized carbons (Fsp3) is 0.600. The standard InChI is InChI=1S/C15H21N7O8S/c16-12-9-13(18-6-17-12)22(7-19-9)14-11(24)10(23)8(30-14)5-29-31(26,27)20-15(25)21-1-3-28-4-2-21/h6-8,10-11,14,23-24H,1-5H2,(H,20,25)(H2,16,17,18)/p-1/t8?,10-,11-,14?/m1/s1. The largest absolute Gasteiger partial charge is 0.845 e. The van der Waals surface area contributed by atoms with E-state index in [0.29, 0.717) is 0 Å². The number of aliphatic hydroxyl groups excluding tert-OH is 2. The summed E-state index contributed by atoms with van der Waals surface area (Å²) in [4.78, 5) is 13.1. The van der Waals surface area contributed by atoms with Gasteiger partial charge in [0.15, 0.2) is 17.7 Å². The van der Waals surface area contributed by atoms with Gasteiger partial charge in [-0.05, 0) is 0 Å². The van der Waals surface area contributed by atoms with Crippen LogP contribution in [-0.2, 0) is 24.0 Å². The molecule has 170 valence electrons. The number of anilines is 1. The number of imidazole rings is 1. The third kappa shape index (κ3) is 4.39. The van der Waals surface area contributed by atoms with Crippen LogP contribution in [-0.4, -0.2) is 100 Å². The molecule has 0 radical (unpaired) electrons. The fourth-order valence-corrected chi connectivity index (χ4v) is 3.91. The zero-order valence-electron chi connectivity index (χ0n) is 16.0. The van der Waals surface area contributed by atoms with E-state index in [1.807, 2.05) is 0 Å². The lowest BCUT2D eigenvalue weighted by molar-refractivity contribution is -0.237. The van der Waals surface area contributed by atoms with Gasteiger partial charge in [-0.1, -0.05) is 0 Å². The highest BCUT2D eigenvalue weighted by Gasteiger charge is 2.45. The molecule has 2 saturated heterocycles. The van der Waals surface area contributed by atoms with E-state index in [0.717, 1.165) is 0 Å². The van der Waals surface area contributed by atoms with Gasteiger partial charge in [-0.3, -0.25) is 4.57 Å². The summed E-state index contributed by atoms with van der Waals surface area (Å²) in [5.74, 6) is 0.120. The molecule has 0 amide bonds. The Morgan fingerprint density at radius 2 is 2.03 bits per heavy atom. The van der Waals surface area contributed by atoms with Gasteiger partial charge in [0.05, 0.1) is 32.2 Å². The Hall–Kier alpha value is -2.63. The number of aliphatic hydroxyl groups is 2. The van der Waals surface area contributed by atoms with E-state index in [1.54, 1.807) is 0 Å². The van der Waals surface area contributed by atoms with Crippen molar-refractivity contribution in [3.05, 3.63) is 12.7 Å². The fourth-order valence-electron chi connectivity index (χ4n) is 3.24. The van der Waals surface area contributed by atoms with Crippen LogP contribution in [0.3, 0.4) is 0 Å². The van der Waals surface area contributed by atoms with Crippen molar-refractivity contribution in [3.63, 3.8) is 0 Å². The van der Waals surface area contributed by atoms with E-state index in [-0.39, 0.29) is 43.3 Å². The summed E-state index contributed by atoms with van der Waals surface area (Å²) in [7, 11) is -4.61. The lowest BCUT2D eigenvalue weighted by Crippen LogP contribution is -2.47. The van der Waals surface area contributed by atoms with E-state index < -0.39 is 47.5 Å². The van der Waals surface area contributed by atoms with Gasteiger partial charge in [-0.15, -0.1) is 4.40 Å². The van der Waals surface area contributed by atoms with Crippen LogP contribution in [0.25, 0.3) is 11.2 Å². The first-order chi connectivity index (χ1) is 14.8. The van der Waals surface area contributed by atoms with Gasteiger partial charge in [0.2, 0.25) is 0 Å². The summed E-state index contributed by atoms with van der Waals surface area (Å²) in [5.41, 5.74) is 6.26. The van der Waals surface area contributed by atoms with Crippen LogP contribution in [0.2, 0.25) is 0 Å². The smallest absolute Gasteiger partial charge is 0.381 e. The Balaban J connectivity index is 1.44. The van der Waals surface area contributed by atoms with E-state index in [9.17, 15) is 23.7 Å². The summed E-state index contributed by atoms with van der Waals surface area (Å²) >= 11 is 0. The van der Waals surface area contributed by atoms with E-state index in [1.165, 1.54) is 22.1 Å². The molecule has 4 heterocycles. The van der Waals surface area contributed by atoms with Gasteiger partial charge >= 0.3 is 10.3 Å². The SMILES string of the molecule is Nc1ncnc2c1ncn2C1OC(COS(=O)(=O)/N=C(\[O-])N2CCOCC2)[C@@H](O)[C@H]1O. The number of hydrogen-bond donors (Lipinski definition) is 3. The summed E-state index contributed by atoms with van der Waals surface area (Å²) in [6, 6.07) is -0.976. The predicted molar refractivity (Wildman–Crippen MR) is 100 cm³/mol. The van der Waals surface area contributed by atoms with Crippen LogP contribution in [0.15, 0.2) is 17.1 Å². The Morgan fingerprint density at radius 3 is 2.77 bits per heavy atom. The minimum atomic E-state index is -4.61. The van der Waals surface area contributed by atoms with Crippen LogP contribution in [0.5, 0.6) is 0 Å². The van der Waals surface area contributed by atoms with Crippen LogP contribution in [0.4, 0.5) is 5.82 Å². The summed E-state index contributed by atoms with van der Waals surface area (Å²) in [6.07, 6.45) is -2.82. The lowest BCUT2D eigenvalue weighted by atomic mass is 10.1. The molecule has 0 spiro atoms. The molecule has 15 nitrogen and oxygen atoms in total. The van der Waals surface area contributed by atoms with Crippen LogP contribution < -0.4 is 10.8 Å². The number of morpholine rings is 1. The number of nitrogen functional groups attached to an aromatic ring is 1. The number of ether oxygens (including phenoxy) is 2. The van der Waals surface area contributed by atoms with Crippen molar-refractivity contribution in [1.29, 1.82) is 0 Å². The van der Waals surface area contributed by atoms with Crippen LogP contribution in [0, 0.1) is 0 Å². The highest BCUT2D eigenvalue weighted by molar-refractivity contribution is 7.85. The number of aromatic nitrogens is 4. The van der Waals surface area contributed by atoms with Gasteiger partial charge in [0.1, 0.15) is 30.2 Å². The maximum atomic E-state index is 12.0. The molecule has 2 aliphatic rings. The first-order valence-corrected chi connectivity index (χ1v) is 10.6. The molecule has 4 N–H and O–H groups in total. The molecule has 31 heavy (non-hydrogen) atoms. The van der Waals surface area contributed by atoms with Crippen molar-refractivity contribution in [2.24, 2.45) is 4.40 Å². The lowest BCUT2D eigenvalue weighted by Gasteiger charge is -2.32. The average molecular weight is 458 g/mol. The molecule has 2 aromatic rings. The second-order valence-electron chi connectivity index (χ2n) is 6.81. The highest BCUT2D eigenvalue weighted by atomic mass is 32.2. The molecule has 2 fully saturated rings. The molecular weight excluding hydrogens is 438 g/mol. The summed E-state index contributed by atoms with van der Waals surface area (Å²) in [5, 5.41) is 32.6. The molecule has 4 atom stereocenters. The molecule has 2 aromatic heterocycles. The van der Waals surface area contributed by atoms with Crippen molar-refractivity contribution >= 4 is 33.3 Å². The Bertz CT molecular complexity index is 1070. The second kappa shape index (κ2) is 8.48. The number of nitrogens with two attached hydrogens (primary N) is 1. The maximum Gasteiger partial charge on any atom is 0.381 e. The van der Waals surface area contributed by atoms with E-state index in [4.69, 9.17) is 19.4 Å². The molecule has 0 bridgehead atoms. The van der Waals surface area contributed by atoms with Crippen molar-refractivity contribution in [2.75, 3.05) is 38.6 Å². The number of hydrogen-bond acceptors (Lipinski definition) is 12. The van der Waals surface area contributed by atoms with Gasteiger partial charge < -0.3 is 35.4 Å². The maximum absolute atomic E-state index is 12.0. The van der Waals surface area contributed by atoms with Crippen LogP contribution >= 0.6 is 0 Å². The second-order valence-corrected chi connectivity index (χ2v) is 8.09. The minimum Gasteiger partial charge on any atom is -0.845 e. The molecule has 16 heteroatoms. The number of fused-ring (bicyclic) bond motifs is 1. The predicted octanol–water partition coefficient (Wildman–Crippen LogP) is -3.66. The first-order valence-electron chi connectivity index (χ1n) is 9.20. The Morgan fingerprint density at radius 1 is 1.29 bits per heavy atom. The molecule has 0 aromatic carbocycles. The number of rotatable bonds is 5. The monoisotopic (exact) mass is 458 g/mol. The highest BCUT2D eigenvalue weighted by Crippen LogP contribution is 2.32. The van der Waals surface area contributed by atoms with Gasteiger partial charge in [0.25, 0.3) is 0 Å².